The summed E-state index contributed by atoms with van der Waals surface area (Å²) in [7, 11) is 0. The van der Waals surface area contributed by atoms with Gasteiger partial charge in [0.1, 0.15) is 11.9 Å². The normalized spacial score (nSPS) is 30.5. The fourth-order valence-electron chi connectivity index (χ4n) is 4.29. The second-order valence-electron chi connectivity index (χ2n) is 7.55. The Morgan fingerprint density at radius 3 is 3.08 bits per heavy atom. The molecule has 0 aliphatic carbocycles. The molecule has 0 bridgehead atoms. The van der Waals surface area contributed by atoms with Crippen LogP contribution in [-0.4, -0.2) is 60.4 Å². The molecule has 1 amide bonds. The van der Waals surface area contributed by atoms with E-state index in [-0.39, 0.29) is 22.7 Å². The predicted octanol–water partition coefficient (Wildman–Crippen LogP) is 1.80. The Morgan fingerprint density at radius 1 is 1.31 bits per heavy atom. The SMILES string of the molecule is O=C1C2CCC[N+]2([O-])CN1CC=CCNCC1CCc2ccccc2O1. The molecule has 1 aromatic rings. The first kappa shape index (κ1) is 17.5. The molecule has 0 radical (unpaired) electrons. The molecule has 0 aromatic heterocycles. The van der Waals surface area contributed by atoms with Gasteiger partial charge in [-0.1, -0.05) is 30.4 Å². The van der Waals surface area contributed by atoms with Crippen LogP contribution in [0.5, 0.6) is 5.75 Å². The molecular weight excluding hydrogens is 330 g/mol. The minimum Gasteiger partial charge on any atom is -0.631 e. The van der Waals surface area contributed by atoms with Crippen LogP contribution in [0, 0.1) is 5.21 Å². The van der Waals surface area contributed by atoms with Gasteiger partial charge in [0.15, 0.2) is 12.7 Å². The fraction of sp³-hybridized carbons (Fsp3) is 0.550. The van der Waals surface area contributed by atoms with Crippen molar-refractivity contribution in [1.82, 2.24) is 10.2 Å². The van der Waals surface area contributed by atoms with Crippen LogP contribution in [0.3, 0.4) is 0 Å². The van der Waals surface area contributed by atoms with Crippen LogP contribution in [0.2, 0.25) is 0 Å². The lowest BCUT2D eigenvalue weighted by Crippen LogP contribution is -2.43. The number of ether oxygens (including phenoxy) is 1. The van der Waals surface area contributed by atoms with E-state index in [9.17, 15) is 10.0 Å². The van der Waals surface area contributed by atoms with Crippen LogP contribution < -0.4 is 10.1 Å². The van der Waals surface area contributed by atoms with Gasteiger partial charge in [0.2, 0.25) is 0 Å². The number of para-hydroxylation sites is 1. The quantitative estimate of drug-likeness (QED) is 0.365. The van der Waals surface area contributed by atoms with Gasteiger partial charge in [-0.3, -0.25) is 9.69 Å². The maximum atomic E-state index is 12.5. The van der Waals surface area contributed by atoms with Crippen LogP contribution in [-0.2, 0) is 11.2 Å². The summed E-state index contributed by atoms with van der Waals surface area (Å²) in [5, 5.41) is 15.9. The van der Waals surface area contributed by atoms with Crippen molar-refractivity contribution < 1.29 is 14.2 Å². The minimum absolute atomic E-state index is 0.0318. The molecule has 1 N–H and O–H groups in total. The Morgan fingerprint density at radius 2 is 2.19 bits per heavy atom. The van der Waals surface area contributed by atoms with Gasteiger partial charge in [-0.05, 0) is 24.5 Å². The van der Waals surface area contributed by atoms with E-state index in [1.165, 1.54) is 5.56 Å². The number of benzene rings is 1. The first-order chi connectivity index (χ1) is 12.7. The van der Waals surface area contributed by atoms with E-state index >= 15 is 0 Å². The number of carbonyl (C=O) groups excluding carboxylic acids is 1. The largest absolute Gasteiger partial charge is 0.631 e. The average molecular weight is 357 g/mol. The zero-order valence-corrected chi connectivity index (χ0v) is 15.1. The Hall–Kier alpha value is -1.89. The third-order valence-electron chi connectivity index (χ3n) is 5.72. The van der Waals surface area contributed by atoms with Gasteiger partial charge < -0.3 is 19.9 Å². The molecule has 2 saturated heterocycles. The molecule has 3 heterocycles. The smallest absolute Gasteiger partial charge is 0.285 e. The summed E-state index contributed by atoms with van der Waals surface area (Å²) < 4.78 is 5.68. The number of hydroxylamine groups is 3. The molecule has 0 spiro atoms. The summed E-state index contributed by atoms with van der Waals surface area (Å²) in [6.07, 6.45) is 7.93. The maximum Gasteiger partial charge on any atom is 0.285 e. The number of amides is 1. The number of rotatable bonds is 6. The summed E-state index contributed by atoms with van der Waals surface area (Å²) in [6.45, 7) is 2.99. The first-order valence-corrected chi connectivity index (χ1v) is 9.62. The fourth-order valence-corrected chi connectivity index (χ4v) is 4.29. The second kappa shape index (κ2) is 7.39. The molecule has 1 aromatic carbocycles. The van der Waals surface area contributed by atoms with E-state index < -0.39 is 0 Å². The summed E-state index contributed by atoms with van der Waals surface area (Å²) in [6, 6.07) is 7.88. The van der Waals surface area contributed by atoms with Crippen molar-refractivity contribution in [3.8, 4) is 5.75 Å². The molecule has 0 saturated carbocycles. The molecule has 3 unspecified atom stereocenters. The highest BCUT2D eigenvalue weighted by atomic mass is 16.6. The second-order valence-corrected chi connectivity index (χ2v) is 7.55. The van der Waals surface area contributed by atoms with Crippen molar-refractivity contribution >= 4 is 5.91 Å². The van der Waals surface area contributed by atoms with Gasteiger partial charge in [0.25, 0.3) is 5.91 Å². The number of quaternary nitrogens is 1. The van der Waals surface area contributed by atoms with Crippen molar-refractivity contribution in [3.63, 3.8) is 0 Å². The highest BCUT2D eigenvalue weighted by molar-refractivity contribution is 5.82. The van der Waals surface area contributed by atoms with Crippen molar-refractivity contribution in [2.45, 2.75) is 37.8 Å². The zero-order chi connectivity index (χ0) is 18.0. The molecule has 4 rings (SSSR count). The molecule has 2 fully saturated rings. The number of hydrogen-bond acceptors (Lipinski definition) is 4. The highest BCUT2D eigenvalue weighted by Crippen LogP contribution is 2.33. The van der Waals surface area contributed by atoms with Gasteiger partial charge in [-0.2, -0.15) is 0 Å². The van der Waals surface area contributed by atoms with Crippen LogP contribution in [0.4, 0.5) is 0 Å². The van der Waals surface area contributed by atoms with E-state index in [2.05, 4.69) is 17.4 Å². The number of nitrogens with zero attached hydrogens (tertiary/aromatic N) is 2. The number of carbonyl (C=O) groups is 1. The Labute approximate surface area is 154 Å². The van der Waals surface area contributed by atoms with Crippen LogP contribution in [0.25, 0.3) is 0 Å². The van der Waals surface area contributed by atoms with Gasteiger partial charge in [-0.15, -0.1) is 0 Å². The van der Waals surface area contributed by atoms with E-state index in [1.807, 2.05) is 24.3 Å². The molecule has 26 heavy (non-hydrogen) atoms. The van der Waals surface area contributed by atoms with E-state index in [0.717, 1.165) is 44.5 Å². The monoisotopic (exact) mass is 357 g/mol. The van der Waals surface area contributed by atoms with Crippen molar-refractivity contribution in [1.29, 1.82) is 0 Å². The van der Waals surface area contributed by atoms with Crippen LogP contribution in [0.1, 0.15) is 24.8 Å². The van der Waals surface area contributed by atoms with Crippen molar-refractivity contribution in [2.75, 3.05) is 32.8 Å². The highest BCUT2D eigenvalue weighted by Gasteiger charge is 2.49. The summed E-state index contributed by atoms with van der Waals surface area (Å²) in [5.74, 6) is 1.04. The topological polar surface area (TPSA) is 64.6 Å². The number of nitrogens with one attached hydrogen (secondary N) is 1. The lowest BCUT2D eigenvalue weighted by Gasteiger charge is -2.36. The van der Waals surface area contributed by atoms with Gasteiger partial charge in [0, 0.05) is 32.5 Å². The number of hydrogen-bond donors (Lipinski definition) is 1. The van der Waals surface area contributed by atoms with Crippen molar-refractivity contribution in [3.05, 3.63) is 47.2 Å². The van der Waals surface area contributed by atoms with Crippen molar-refractivity contribution in [2.24, 2.45) is 0 Å². The minimum atomic E-state index is -0.340. The summed E-state index contributed by atoms with van der Waals surface area (Å²) in [4.78, 5) is 14.0. The van der Waals surface area contributed by atoms with E-state index in [0.29, 0.717) is 19.8 Å². The molecule has 3 atom stereocenters. The lowest BCUT2D eigenvalue weighted by molar-refractivity contribution is -0.880. The van der Waals surface area contributed by atoms with Gasteiger partial charge >= 0.3 is 0 Å². The number of aryl methyl sites for hydroxylation is 1. The van der Waals surface area contributed by atoms with Crippen LogP contribution in [0.15, 0.2) is 36.4 Å². The standard InChI is InChI=1S/C20H27N3O3/c24-20-18-7-5-13-23(18,25)15-22(20)12-4-3-11-21-14-17-10-9-16-6-1-2-8-19(16)26-17/h1-4,6,8,17-18,21H,5,7,9-15H2. The maximum absolute atomic E-state index is 12.5. The van der Waals surface area contributed by atoms with E-state index in [4.69, 9.17) is 4.74 Å². The molecule has 3 aliphatic heterocycles. The molecule has 6 nitrogen and oxygen atoms in total. The third kappa shape index (κ3) is 3.49. The summed E-state index contributed by atoms with van der Waals surface area (Å²) in [5.41, 5.74) is 1.29. The predicted molar refractivity (Wildman–Crippen MR) is 99.3 cm³/mol. The average Bonchev–Trinajstić information content (AvgIpc) is 3.14. The van der Waals surface area contributed by atoms with E-state index in [1.54, 1.807) is 4.90 Å². The number of fused-ring (bicyclic) bond motifs is 2. The Balaban J connectivity index is 1.16. The Kier molecular flexibility index (Phi) is 4.98. The molecule has 6 heteroatoms. The first-order valence-electron chi connectivity index (χ1n) is 9.62. The molecule has 3 aliphatic rings. The van der Waals surface area contributed by atoms with Gasteiger partial charge in [0.05, 0.1) is 6.54 Å². The molecule has 140 valence electrons. The summed E-state index contributed by atoms with van der Waals surface area (Å²) >= 11 is 0. The third-order valence-corrected chi connectivity index (χ3v) is 5.72. The Bertz CT molecular complexity index is 693. The molecular formula is C20H27N3O3. The van der Waals surface area contributed by atoms with Crippen LogP contribution >= 0.6 is 0 Å². The lowest BCUT2D eigenvalue weighted by atomic mass is 10.0. The zero-order valence-electron chi connectivity index (χ0n) is 15.1. The van der Waals surface area contributed by atoms with Gasteiger partial charge in [-0.25, -0.2) is 0 Å².